The fraction of sp³-hybridized carbons (Fsp3) is 0.231. The van der Waals surface area contributed by atoms with Gasteiger partial charge >= 0.3 is 0 Å². The molecule has 1 aromatic heterocycles. The van der Waals surface area contributed by atoms with Crippen LogP contribution in [-0.4, -0.2) is 9.97 Å². The molecule has 1 heterocycles. The van der Waals surface area contributed by atoms with Gasteiger partial charge in [-0.15, -0.1) is 0 Å². The highest BCUT2D eigenvalue weighted by Gasteiger charge is 2.26. The van der Waals surface area contributed by atoms with Crippen molar-refractivity contribution in [1.29, 1.82) is 0 Å². The molecular formula is C13H9BrCl2N2. The summed E-state index contributed by atoms with van der Waals surface area (Å²) in [7, 11) is 0. The molecule has 0 aliphatic heterocycles. The van der Waals surface area contributed by atoms with Gasteiger partial charge in [0.15, 0.2) is 5.82 Å². The minimum atomic E-state index is 0.470. The van der Waals surface area contributed by atoms with Crippen LogP contribution in [0.5, 0.6) is 0 Å². The molecule has 0 N–H and O–H groups in total. The number of benzene rings is 1. The zero-order valence-corrected chi connectivity index (χ0v) is 12.4. The van der Waals surface area contributed by atoms with Gasteiger partial charge in [-0.2, -0.15) is 0 Å². The van der Waals surface area contributed by atoms with Gasteiger partial charge in [0.05, 0.1) is 5.02 Å². The third kappa shape index (κ3) is 2.53. The predicted octanol–water partition coefficient (Wildman–Crippen LogP) is 5.09. The Morgan fingerprint density at radius 1 is 1.11 bits per heavy atom. The molecule has 92 valence electrons. The van der Waals surface area contributed by atoms with E-state index in [0.717, 1.165) is 15.7 Å². The molecule has 18 heavy (non-hydrogen) atoms. The number of halogens is 3. The Kier molecular flexibility index (Phi) is 3.31. The average Bonchev–Trinajstić information content (AvgIpc) is 3.15. The molecular weight excluding hydrogens is 335 g/mol. The van der Waals surface area contributed by atoms with Crippen LogP contribution in [-0.2, 0) is 0 Å². The average molecular weight is 344 g/mol. The van der Waals surface area contributed by atoms with Crippen LogP contribution in [0.25, 0.3) is 11.4 Å². The number of aromatic nitrogens is 2. The van der Waals surface area contributed by atoms with E-state index in [4.69, 9.17) is 23.2 Å². The lowest BCUT2D eigenvalue weighted by atomic mass is 10.2. The van der Waals surface area contributed by atoms with Gasteiger partial charge in [-0.3, -0.25) is 0 Å². The molecule has 1 saturated carbocycles. The molecule has 1 aromatic carbocycles. The predicted molar refractivity (Wildman–Crippen MR) is 77.2 cm³/mol. The molecule has 0 radical (unpaired) electrons. The smallest absolute Gasteiger partial charge is 0.162 e. The van der Waals surface area contributed by atoms with E-state index in [1.807, 2.05) is 24.3 Å². The van der Waals surface area contributed by atoms with Gasteiger partial charge in [0.2, 0.25) is 0 Å². The van der Waals surface area contributed by atoms with Gasteiger partial charge in [-0.1, -0.05) is 39.1 Å². The van der Waals surface area contributed by atoms with Gasteiger partial charge in [-0.05, 0) is 37.1 Å². The highest BCUT2D eigenvalue weighted by Crippen LogP contribution is 2.40. The first-order valence-electron chi connectivity index (χ1n) is 5.63. The van der Waals surface area contributed by atoms with Crippen LogP contribution in [0.1, 0.15) is 24.5 Å². The molecule has 1 aliphatic carbocycles. The van der Waals surface area contributed by atoms with Crippen molar-refractivity contribution in [3.05, 3.63) is 44.6 Å². The highest BCUT2D eigenvalue weighted by molar-refractivity contribution is 9.10. The maximum Gasteiger partial charge on any atom is 0.162 e. The van der Waals surface area contributed by atoms with E-state index in [-0.39, 0.29) is 0 Å². The van der Waals surface area contributed by atoms with Gasteiger partial charge in [0, 0.05) is 21.6 Å². The molecule has 0 saturated heterocycles. The first-order valence-corrected chi connectivity index (χ1v) is 7.18. The second kappa shape index (κ2) is 4.80. The number of nitrogens with zero attached hydrogens (tertiary/aromatic N) is 2. The number of hydrogen-bond donors (Lipinski definition) is 0. The van der Waals surface area contributed by atoms with Crippen LogP contribution >= 0.6 is 39.1 Å². The molecule has 5 heteroatoms. The first kappa shape index (κ1) is 12.4. The summed E-state index contributed by atoms with van der Waals surface area (Å²) in [5, 5.41) is 1.10. The van der Waals surface area contributed by atoms with E-state index < -0.39 is 0 Å². The molecule has 0 atom stereocenters. The van der Waals surface area contributed by atoms with E-state index in [0.29, 0.717) is 21.9 Å². The Morgan fingerprint density at radius 2 is 1.89 bits per heavy atom. The fourth-order valence-corrected chi connectivity index (χ4v) is 2.57. The number of hydrogen-bond acceptors (Lipinski definition) is 2. The molecule has 3 rings (SSSR count). The van der Waals surface area contributed by atoms with Crippen molar-refractivity contribution in [2.45, 2.75) is 18.8 Å². The second-order valence-electron chi connectivity index (χ2n) is 4.34. The zero-order valence-electron chi connectivity index (χ0n) is 9.33. The van der Waals surface area contributed by atoms with Crippen molar-refractivity contribution in [2.24, 2.45) is 0 Å². The van der Waals surface area contributed by atoms with Crippen LogP contribution in [0.4, 0.5) is 0 Å². The van der Waals surface area contributed by atoms with Crippen molar-refractivity contribution >= 4 is 39.1 Å². The summed E-state index contributed by atoms with van der Waals surface area (Å²) in [4.78, 5) is 8.83. The molecule has 2 nitrogen and oxygen atoms in total. The Bertz CT molecular complexity index is 612. The quantitative estimate of drug-likeness (QED) is 0.709. The Balaban J connectivity index is 2.12. The monoisotopic (exact) mass is 342 g/mol. The summed E-state index contributed by atoms with van der Waals surface area (Å²) in [6.07, 6.45) is 2.36. The van der Waals surface area contributed by atoms with Crippen LogP contribution in [0.3, 0.4) is 0 Å². The van der Waals surface area contributed by atoms with Crippen molar-refractivity contribution in [2.75, 3.05) is 0 Å². The topological polar surface area (TPSA) is 25.8 Å². The van der Waals surface area contributed by atoms with Gasteiger partial charge in [-0.25, -0.2) is 9.97 Å². The van der Waals surface area contributed by atoms with Crippen molar-refractivity contribution < 1.29 is 0 Å². The Hall–Kier alpha value is -0.640. The van der Waals surface area contributed by atoms with E-state index >= 15 is 0 Å². The first-order chi connectivity index (χ1) is 8.63. The summed E-state index contributed by atoms with van der Waals surface area (Å²) in [6, 6.07) is 7.46. The van der Waals surface area contributed by atoms with Gasteiger partial charge in [0.25, 0.3) is 0 Å². The lowest BCUT2D eigenvalue weighted by molar-refractivity contribution is 0.994. The maximum absolute atomic E-state index is 6.19. The molecule has 0 bridgehead atoms. The lowest BCUT2D eigenvalue weighted by Gasteiger charge is -2.06. The summed E-state index contributed by atoms with van der Waals surface area (Å²) < 4.78 is 0.943. The molecule has 1 fully saturated rings. The van der Waals surface area contributed by atoms with Crippen LogP contribution < -0.4 is 0 Å². The fourth-order valence-electron chi connectivity index (χ4n) is 1.81. The maximum atomic E-state index is 6.19. The van der Waals surface area contributed by atoms with E-state index in [2.05, 4.69) is 25.9 Å². The van der Waals surface area contributed by atoms with E-state index in [9.17, 15) is 0 Å². The molecule has 0 spiro atoms. The van der Waals surface area contributed by atoms with Crippen LogP contribution in [0.15, 0.2) is 28.7 Å². The zero-order chi connectivity index (χ0) is 12.7. The standard InChI is InChI=1S/C13H9BrCl2N2/c14-8-3-4-10(15)9(5-8)13-17-11(7-1-2-7)6-12(16)18-13/h3-7H,1-2H2. The molecule has 2 aromatic rings. The highest BCUT2D eigenvalue weighted by atomic mass is 79.9. The Morgan fingerprint density at radius 3 is 2.61 bits per heavy atom. The Labute approximate surface area is 123 Å². The third-order valence-electron chi connectivity index (χ3n) is 2.88. The van der Waals surface area contributed by atoms with Crippen molar-refractivity contribution in [3.63, 3.8) is 0 Å². The summed E-state index contributed by atoms with van der Waals surface area (Å²) in [6.45, 7) is 0. The minimum absolute atomic E-state index is 0.470. The summed E-state index contributed by atoms with van der Waals surface area (Å²) in [5.41, 5.74) is 1.82. The SMILES string of the molecule is Clc1cc(C2CC2)nc(-c2cc(Br)ccc2Cl)n1. The second-order valence-corrected chi connectivity index (χ2v) is 6.05. The third-order valence-corrected chi connectivity index (χ3v) is 3.90. The summed E-state index contributed by atoms with van der Waals surface area (Å²) >= 11 is 15.7. The van der Waals surface area contributed by atoms with Crippen molar-refractivity contribution in [1.82, 2.24) is 9.97 Å². The van der Waals surface area contributed by atoms with Gasteiger partial charge < -0.3 is 0 Å². The van der Waals surface area contributed by atoms with E-state index in [1.165, 1.54) is 12.8 Å². The van der Waals surface area contributed by atoms with Crippen molar-refractivity contribution in [3.8, 4) is 11.4 Å². The summed E-state index contributed by atoms with van der Waals surface area (Å²) in [5.74, 6) is 1.13. The lowest BCUT2D eigenvalue weighted by Crippen LogP contribution is -1.95. The van der Waals surface area contributed by atoms with Crippen LogP contribution in [0, 0.1) is 0 Å². The molecule has 0 amide bonds. The molecule has 1 aliphatic rings. The normalized spacial score (nSPS) is 14.8. The largest absolute Gasteiger partial charge is 0.233 e. The van der Waals surface area contributed by atoms with Crippen LogP contribution in [0.2, 0.25) is 10.2 Å². The minimum Gasteiger partial charge on any atom is -0.233 e. The van der Waals surface area contributed by atoms with E-state index in [1.54, 1.807) is 0 Å². The van der Waals surface area contributed by atoms with Gasteiger partial charge in [0.1, 0.15) is 5.15 Å². The number of rotatable bonds is 2. The molecule has 0 unspecified atom stereocenters.